The highest BCUT2D eigenvalue weighted by Crippen LogP contribution is 2.41. The maximum atomic E-state index is 12.6. The highest BCUT2D eigenvalue weighted by atomic mass is 79.9. The summed E-state index contributed by atoms with van der Waals surface area (Å²) in [4.78, 5) is 0. The van der Waals surface area contributed by atoms with Gasteiger partial charge in [-0.05, 0) is 52.4 Å². The minimum absolute atomic E-state index is 0.183. The predicted molar refractivity (Wildman–Crippen MR) is 74.2 cm³/mol. The van der Waals surface area contributed by atoms with Crippen LogP contribution >= 0.6 is 15.9 Å². The summed E-state index contributed by atoms with van der Waals surface area (Å²) in [6.07, 6.45) is -0.944. The van der Waals surface area contributed by atoms with Gasteiger partial charge in [0.2, 0.25) is 0 Å². The SMILES string of the molecule is CC1(C)CCCC1Nc1ccc(C(F)(F)F)cc1Br. The van der Waals surface area contributed by atoms with E-state index < -0.39 is 11.7 Å². The van der Waals surface area contributed by atoms with Crippen molar-refractivity contribution >= 4 is 21.6 Å². The fourth-order valence-electron chi connectivity index (χ4n) is 2.59. The normalized spacial score (nSPS) is 22.5. The fraction of sp³-hybridized carbons (Fsp3) is 0.571. The average Bonchev–Trinajstić information content (AvgIpc) is 2.59. The van der Waals surface area contributed by atoms with Crippen molar-refractivity contribution in [2.24, 2.45) is 5.41 Å². The van der Waals surface area contributed by atoms with Gasteiger partial charge in [0.15, 0.2) is 0 Å². The van der Waals surface area contributed by atoms with Gasteiger partial charge >= 0.3 is 6.18 Å². The Bertz CT molecular complexity index is 468. The molecule has 1 aromatic rings. The molecule has 1 saturated carbocycles. The molecule has 1 aliphatic carbocycles. The Balaban J connectivity index is 2.18. The van der Waals surface area contributed by atoms with Crippen molar-refractivity contribution in [2.45, 2.75) is 45.3 Å². The van der Waals surface area contributed by atoms with Crippen molar-refractivity contribution in [3.8, 4) is 0 Å². The maximum Gasteiger partial charge on any atom is 0.416 e. The topological polar surface area (TPSA) is 12.0 Å². The van der Waals surface area contributed by atoms with E-state index in [9.17, 15) is 13.2 Å². The molecule has 1 aromatic carbocycles. The third-order valence-electron chi connectivity index (χ3n) is 3.88. The van der Waals surface area contributed by atoms with Gasteiger partial charge in [0.05, 0.1) is 5.56 Å². The van der Waals surface area contributed by atoms with E-state index >= 15 is 0 Å². The summed E-state index contributed by atoms with van der Waals surface area (Å²) in [5, 5.41) is 3.36. The van der Waals surface area contributed by atoms with E-state index in [0.29, 0.717) is 10.5 Å². The molecule has 5 heteroatoms. The Labute approximate surface area is 119 Å². The van der Waals surface area contributed by atoms with Crippen LogP contribution in [0.25, 0.3) is 0 Å². The van der Waals surface area contributed by atoms with E-state index in [2.05, 4.69) is 35.1 Å². The Kier molecular flexibility index (Phi) is 3.87. The van der Waals surface area contributed by atoms with Gasteiger partial charge in [0.1, 0.15) is 0 Å². The second kappa shape index (κ2) is 5.00. The van der Waals surface area contributed by atoms with Crippen LogP contribution in [0, 0.1) is 5.41 Å². The highest BCUT2D eigenvalue weighted by molar-refractivity contribution is 9.10. The first-order valence-electron chi connectivity index (χ1n) is 6.33. The second-order valence-corrected chi connectivity index (χ2v) is 6.62. The number of nitrogens with one attached hydrogen (secondary N) is 1. The van der Waals surface area contributed by atoms with Gasteiger partial charge in [-0.3, -0.25) is 0 Å². The van der Waals surface area contributed by atoms with Gasteiger partial charge in [-0.1, -0.05) is 20.3 Å². The molecule has 19 heavy (non-hydrogen) atoms. The minimum atomic E-state index is -4.30. The zero-order valence-electron chi connectivity index (χ0n) is 10.9. The fourth-order valence-corrected chi connectivity index (χ4v) is 3.08. The smallest absolute Gasteiger partial charge is 0.381 e. The molecule has 0 bridgehead atoms. The molecule has 1 unspecified atom stereocenters. The molecule has 0 spiro atoms. The molecular weight excluding hydrogens is 319 g/mol. The molecule has 1 N–H and O–H groups in total. The van der Waals surface area contributed by atoms with E-state index in [4.69, 9.17) is 0 Å². The lowest BCUT2D eigenvalue weighted by Gasteiger charge is -2.29. The van der Waals surface area contributed by atoms with E-state index in [1.165, 1.54) is 6.07 Å². The van der Waals surface area contributed by atoms with Crippen molar-refractivity contribution < 1.29 is 13.2 Å². The number of hydrogen-bond acceptors (Lipinski definition) is 1. The number of alkyl halides is 3. The third kappa shape index (κ3) is 3.25. The largest absolute Gasteiger partial charge is 0.416 e. The molecule has 1 atom stereocenters. The molecule has 0 saturated heterocycles. The highest BCUT2D eigenvalue weighted by Gasteiger charge is 2.35. The van der Waals surface area contributed by atoms with Crippen LogP contribution in [0.4, 0.5) is 18.9 Å². The standard InChI is InChI=1S/C14H17BrF3N/c1-13(2)7-3-4-12(13)19-11-6-5-9(8-10(11)15)14(16,17)18/h5-6,8,12,19H,3-4,7H2,1-2H3. The lowest BCUT2D eigenvalue weighted by molar-refractivity contribution is -0.137. The van der Waals surface area contributed by atoms with Crippen LogP contribution in [0.1, 0.15) is 38.7 Å². The van der Waals surface area contributed by atoms with E-state index in [0.717, 1.165) is 37.1 Å². The Hall–Kier alpha value is -0.710. The summed E-state index contributed by atoms with van der Waals surface area (Å²) in [5.41, 5.74) is 0.283. The first-order chi connectivity index (χ1) is 8.70. The number of anilines is 1. The zero-order valence-corrected chi connectivity index (χ0v) is 12.5. The van der Waals surface area contributed by atoms with Crippen molar-refractivity contribution in [1.82, 2.24) is 0 Å². The molecular formula is C14H17BrF3N. The third-order valence-corrected chi connectivity index (χ3v) is 4.54. The predicted octanol–water partition coefficient (Wildman–Crippen LogP) is 5.46. The summed E-state index contributed by atoms with van der Waals surface area (Å²) >= 11 is 3.22. The maximum absolute atomic E-state index is 12.6. The minimum Gasteiger partial charge on any atom is -0.381 e. The van der Waals surface area contributed by atoms with Crippen molar-refractivity contribution in [1.29, 1.82) is 0 Å². The summed E-state index contributed by atoms with van der Waals surface area (Å²) in [6.45, 7) is 4.38. The monoisotopic (exact) mass is 335 g/mol. The van der Waals surface area contributed by atoms with Gasteiger partial charge < -0.3 is 5.32 Å². The molecule has 0 heterocycles. The lowest BCUT2D eigenvalue weighted by atomic mass is 9.87. The van der Waals surface area contributed by atoms with Crippen LogP contribution in [0.2, 0.25) is 0 Å². The van der Waals surface area contributed by atoms with Gasteiger partial charge in [-0.15, -0.1) is 0 Å². The van der Waals surface area contributed by atoms with Crippen molar-refractivity contribution in [3.05, 3.63) is 28.2 Å². The number of halogens is 4. The van der Waals surface area contributed by atoms with Crippen molar-refractivity contribution in [2.75, 3.05) is 5.32 Å². The zero-order chi connectivity index (χ0) is 14.3. The van der Waals surface area contributed by atoms with Crippen LogP contribution in [0.5, 0.6) is 0 Å². The Morgan fingerprint density at radius 1 is 1.32 bits per heavy atom. The number of hydrogen-bond donors (Lipinski definition) is 1. The molecule has 1 fully saturated rings. The quantitative estimate of drug-likeness (QED) is 0.756. The van der Waals surface area contributed by atoms with Crippen LogP contribution in [0.3, 0.4) is 0 Å². The van der Waals surface area contributed by atoms with E-state index in [1.54, 1.807) is 0 Å². The van der Waals surface area contributed by atoms with Gasteiger partial charge in [-0.2, -0.15) is 13.2 Å². The molecule has 0 aromatic heterocycles. The Morgan fingerprint density at radius 2 is 2.00 bits per heavy atom. The summed E-state index contributed by atoms with van der Waals surface area (Å²) in [5.74, 6) is 0. The molecule has 0 aliphatic heterocycles. The van der Waals surface area contributed by atoms with Crippen LogP contribution in [0.15, 0.2) is 22.7 Å². The summed E-state index contributed by atoms with van der Waals surface area (Å²) in [7, 11) is 0. The van der Waals surface area contributed by atoms with Crippen LogP contribution in [-0.2, 0) is 6.18 Å². The molecule has 106 valence electrons. The van der Waals surface area contributed by atoms with Gasteiger partial charge in [0.25, 0.3) is 0 Å². The molecule has 0 amide bonds. The molecule has 1 aliphatic rings. The van der Waals surface area contributed by atoms with Crippen LogP contribution in [-0.4, -0.2) is 6.04 Å². The molecule has 0 radical (unpaired) electrons. The van der Waals surface area contributed by atoms with Gasteiger partial charge in [-0.25, -0.2) is 0 Å². The van der Waals surface area contributed by atoms with E-state index in [1.807, 2.05) is 0 Å². The Morgan fingerprint density at radius 3 is 2.47 bits per heavy atom. The van der Waals surface area contributed by atoms with Crippen LogP contribution < -0.4 is 5.32 Å². The second-order valence-electron chi connectivity index (χ2n) is 5.77. The number of rotatable bonds is 2. The van der Waals surface area contributed by atoms with E-state index in [-0.39, 0.29) is 5.41 Å². The molecule has 2 rings (SSSR count). The lowest BCUT2D eigenvalue weighted by Crippen LogP contribution is -2.30. The molecule has 1 nitrogen and oxygen atoms in total. The number of benzene rings is 1. The van der Waals surface area contributed by atoms with Crippen molar-refractivity contribution in [3.63, 3.8) is 0 Å². The summed E-state index contributed by atoms with van der Waals surface area (Å²) in [6, 6.07) is 4.06. The average molecular weight is 336 g/mol. The first-order valence-corrected chi connectivity index (χ1v) is 7.13. The van der Waals surface area contributed by atoms with Gasteiger partial charge in [0, 0.05) is 16.2 Å². The first kappa shape index (κ1) is 14.7. The summed E-state index contributed by atoms with van der Waals surface area (Å²) < 4.78 is 38.2.